The molecule has 2 aromatic carbocycles. The Bertz CT molecular complexity index is 945. The van der Waals surface area contributed by atoms with Crippen molar-refractivity contribution < 1.29 is 18.0 Å². The molecule has 3 aromatic rings. The summed E-state index contributed by atoms with van der Waals surface area (Å²) in [6.45, 7) is 0.376. The van der Waals surface area contributed by atoms with E-state index in [0.29, 0.717) is 24.3 Å². The molecule has 1 amide bonds. The summed E-state index contributed by atoms with van der Waals surface area (Å²) in [5.74, 6) is -2.52. The Morgan fingerprint density at radius 3 is 2.37 bits per heavy atom. The summed E-state index contributed by atoms with van der Waals surface area (Å²) in [6, 6.07) is 11.0. The third-order valence-corrected chi connectivity index (χ3v) is 3.76. The van der Waals surface area contributed by atoms with Crippen molar-refractivity contribution in [3.8, 4) is 0 Å². The topological polar surface area (TPSA) is 66.9 Å². The quantitative estimate of drug-likeness (QED) is 0.691. The highest BCUT2D eigenvalue weighted by Gasteiger charge is 2.15. The Kier molecular flexibility index (Phi) is 5.65. The summed E-state index contributed by atoms with van der Waals surface area (Å²) in [7, 11) is 0. The third kappa shape index (κ3) is 4.60. The van der Waals surface area contributed by atoms with E-state index in [1.54, 1.807) is 18.2 Å². The molecule has 3 rings (SSSR count). The van der Waals surface area contributed by atoms with E-state index in [1.165, 1.54) is 18.2 Å². The summed E-state index contributed by atoms with van der Waals surface area (Å²) in [5.41, 5.74) is -0.0664. The van der Waals surface area contributed by atoms with Crippen molar-refractivity contribution in [2.45, 2.75) is 6.42 Å². The van der Waals surface area contributed by atoms with Crippen LogP contribution in [0.5, 0.6) is 0 Å². The summed E-state index contributed by atoms with van der Waals surface area (Å²) in [5, 5.41) is 5.11. The van der Waals surface area contributed by atoms with Gasteiger partial charge < -0.3 is 10.6 Å². The van der Waals surface area contributed by atoms with Crippen molar-refractivity contribution in [2.24, 2.45) is 0 Å². The van der Waals surface area contributed by atoms with Gasteiger partial charge in [0.1, 0.15) is 41.0 Å². The molecule has 0 radical (unpaired) electrons. The fourth-order valence-electron chi connectivity index (χ4n) is 2.40. The predicted octanol–water partition coefficient (Wildman–Crippen LogP) is 3.80. The summed E-state index contributed by atoms with van der Waals surface area (Å²) < 4.78 is 40.9. The van der Waals surface area contributed by atoms with Gasteiger partial charge >= 0.3 is 0 Å². The fraction of sp³-hybridized carbons (Fsp3) is 0.105. The normalized spacial score (nSPS) is 10.5. The van der Waals surface area contributed by atoms with Gasteiger partial charge in [-0.1, -0.05) is 24.3 Å². The van der Waals surface area contributed by atoms with Crippen molar-refractivity contribution in [3.05, 3.63) is 83.6 Å². The summed E-state index contributed by atoms with van der Waals surface area (Å²) in [4.78, 5) is 20.0. The van der Waals surface area contributed by atoms with Crippen LogP contribution in [-0.4, -0.2) is 22.4 Å². The molecule has 0 aliphatic rings. The largest absolute Gasteiger partial charge is 0.370 e. The van der Waals surface area contributed by atoms with Gasteiger partial charge in [0.25, 0.3) is 5.91 Å². The lowest BCUT2D eigenvalue weighted by Crippen LogP contribution is -2.17. The lowest BCUT2D eigenvalue weighted by atomic mass is 10.1. The predicted molar refractivity (Wildman–Crippen MR) is 94.9 cm³/mol. The van der Waals surface area contributed by atoms with Gasteiger partial charge in [0.2, 0.25) is 0 Å². The number of hydrogen-bond acceptors (Lipinski definition) is 4. The molecule has 0 aliphatic carbocycles. The second-order valence-electron chi connectivity index (χ2n) is 5.61. The van der Waals surface area contributed by atoms with Crippen LogP contribution >= 0.6 is 0 Å². The van der Waals surface area contributed by atoms with Crippen molar-refractivity contribution in [1.29, 1.82) is 0 Å². The SMILES string of the molecule is O=C(Nc1c(F)cccc1F)c1cc(NCCc2ccccc2F)ncn1. The third-order valence-electron chi connectivity index (χ3n) is 3.76. The molecule has 2 N–H and O–H groups in total. The van der Waals surface area contributed by atoms with Gasteiger partial charge in [0.15, 0.2) is 0 Å². The first-order valence-electron chi connectivity index (χ1n) is 8.09. The Hall–Kier alpha value is -3.42. The molecule has 0 atom stereocenters. The number of carbonyl (C=O) groups is 1. The number of halogens is 3. The maximum atomic E-state index is 13.6. The lowest BCUT2D eigenvalue weighted by molar-refractivity contribution is 0.102. The smallest absolute Gasteiger partial charge is 0.274 e. The average molecular weight is 372 g/mol. The molecule has 8 heteroatoms. The number of nitrogens with one attached hydrogen (secondary N) is 2. The van der Waals surface area contributed by atoms with Crippen LogP contribution in [0, 0.1) is 17.5 Å². The first-order chi connectivity index (χ1) is 13.0. The number of hydrogen-bond donors (Lipinski definition) is 2. The number of rotatable bonds is 6. The Morgan fingerprint density at radius 2 is 1.63 bits per heavy atom. The number of benzene rings is 2. The number of carbonyl (C=O) groups excluding carboxylic acids is 1. The van der Waals surface area contributed by atoms with Gasteiger partial charge in [0, 0.05) is 12.6 Å². The minimum Gasteiger partial charge on any atom is -0.370 e. The van der Waals surface area contributed by atoms with E-state index in [4.69, 9.17) is 0 Å². The first-order valence-corrected chi connectivity index (χ1v) is 8.09. The molecule has 0 unspecified atom stereocenters. The van der Waals surface area contributed by atoms with Crippen molar-refractivity contribution in [1.82, 2.24) is 9.97 Å². The zero-order chi connectivity index (χ0) is 19.2. The molecule has 0 aliphatic heterocycles. The van der Waals surface area contributed by atoms with Gasteiger partial charge in [-0.2, -0.15) is 0 Å². The maximum absolute atomic E-state index is 13.6. The van der Waals surface area contributed by atoms with E-state index in [0.717, 1.165) is 18.5 Å². The van der Waals surface area contributed by atoms with E-state index >= 15 is 0 Å². The molecule has 0 spiro atoms. The molecule has 0 bridgehead atoms. The fourth-order valence-corrected chi connectivity index (χ4v) is 2.40. The number of anilines is 2. The Balaban J connectivity index is 1.64. The molecular weight excluding hydrogens is 357 g/mol. The Morgan fingerprint density at radius 1 is 0.926 bits per heavy atom. The zero-order valence-corrected chi connectivity index (χ0v) is 14.0. The molecule has 0 saturated carbocycles. The van der Waals surface area contributed by atoms with Gasteiger partial charge in [-0.25, -0.2) is 23.1 Å². The van der Waals surface area contributed by atoms with Crippen LogP contribution < -0.4 is 10.6 Å². The van der Waals surface area contributed by atoms with Crippen molar-refractivity contribution in [3.63, 3.8) is 0 Å². The van der Waals surface area contributed by atoms with Crippen molar-refractivity contribution >= 4 is 17.4 Å². The molecule has 138 valence electrons. The molecule has 0 fully saturated rings. The van der Waals surface area contributed by atoms with Gasteiger partial charge in [-0.3, -0.25) is 4.79 Å². The molecule has 5 nitrogen and oxygen atoms in total. The number of nitrogens with zero attached hydrogens (tertiary/aromatic N) is 2. The monoisotopic (exact) mass is 372 g/mol. The summed E-state index contributed by atoms with van der Waals surface area (Å²) in [6.07, 6.45) is 1.57. The number of aromatic nitrogens is 2. The van der Waals surface area contributed by atoms with E-state index in [9.17, 15) is 18.0 Å². The molecule has 1 heterocycles. The van der Waals surface area contributed by atoms with Gasteiger partial charge in [-0.15, -0.1) is 0 Å². The molecule has 27 heavy (non-hydrogen) atoms. The molecular formula is C19H15F3N4O. The van der Waals surface area contributed by atoms with E-state index in [1.807, 2.05) is 0 Å². The number of amides is 1. The van der Waals surface area contributed by atoms with Crippen LogP contribution in [-0.2, 0) is 6.42 Å². The second-order valence-corrected chi connectivity index (χ2v) is 5.61. The highest BCUT2D eigenvalue weighted by atomic mass is 19.1. The van der Waals surface area contributed by atoms with Crippen molar-refractivity contribution in [2.75, 3.05) is 17.2 Å². The molecule has 0 saturated heterocycles. The second kappa shape index (κ2) is 8.31. The summed E-state index contributed by atoms with van der Waals surface area (Å²) >= 11 is 0. The molecule has 1 aromatic heterocycles. The van der Waals surface area contributed by atoms with E-state index in [-0.39, 0.29) is 11.5 Å². The zero-order valence-electron chi connectivity index (χ0n) is 14.0. The van der Waals surface area contributed by atoms with E-state index in [2.05, 4.69) is 20.6 Å². The highest BCUT2D eigenvalue weighted by Crippen LogP contribution is 2.19. The Labute approximate surface area is 153 Å². The lowest BCUT2D eigenvalue weighted by Gasteiger charge is -2.09. The van der Waals surface area contributed by atoms with E-state index < -0.39 is 23.2 Å². The minimum atomic E-state index is -0.888. The maximum Gasteiger partial charge on any atom is 0.274 e. The number of para-hydroxylation sites is 1. The van der Waals surface area contributed by atoms with Gasteiger partial charge in [-0.05, 0) is 30.2 Å². The first kappa shape index (κ1) is 18.4. The van der Waals surface area contributed by atoms with Crippen LogP contribution in [0.15, 0.2) is 54.9 Å². The van der Waals surface area contributed by atoms with Gasteiger partial charge in [0.05, 0.1) is 0 Å². The highest BCUT2D eigenvalue weighted by molar-refractivity contribution is 6.03. The van der Waals surface area contributed by atoms with Crippen LogP contribution in [0.1, 0.15) is 16.1 Å². The standard InChI is InChI=1S/C19H15F3N4O/c20-13-5-2-1-4-12(13)8-9-23-17-10-16(24-11-25-17)19(27)26-18-14(21)6-3-7-15(18)22/h1-7,10-11H,8-9H2,(H,26,27)(H,23,24,25). The van der Waals surface area contributed by atoms with Crippen LogP contribution in [0.25, 0.3) is 0 Å². The minimum absolute atomic E-state index is 0.0685. The van der Waals surface area contributed by atoms with Crippen LogP contribution in [0.3, 0.4) is 0 Å². The average Bonchev–Trinajstić information content (AvgIpc) is 2.66. The van der Waals surface area contributed by atoms with Crippen LogP contribution in [0.4, 0.5) is 24.7 Å². The van der Waals surface area contributed by atoms with Crippen LogP contribution in [0.2, 0.25) is 0 Å².